The molecule has 37 heavy (non-hydrogen) atoms. The number of benzene rings is 3. The highest BCUT2D eigenvalue weighted by Gasteiger charge is 2.29. The van der Waals surface area contributed by atoms with Crippen molar-refractivity contribution < 1.29 is 4.79 Å². The first-order chi connectivity index (χ1) is 18.0. The molecule has 6 nitrogen and oxygen atoms in total. The summed E-state index contributed by atoms with van der Waals surface area (Å²) in [6.45, 7) is 3.14. The van der Waals surface area contributed by atoms with Crippen molar-refractivity contribution in [2.75, 3.05) is 24.0 Å². The van der Waals surface area contributed by atoms with Gasteiger partial charge in [-0.25, -0.2) is 5.01 Å². The monoisotopic (exact) mass is 533 g/mol. The van der Waals surface area contributed by atoms with E-state index in [9.17, 15) is 4.79 Å². The van der Waals surface area contributed by atoms with Crippen LogP contribution in [-0.4, -0.2) is 25.3 Å². The molecule has 0 bridgehead atoms. The summed E-state index contributed by atoms with van der Waals surface area (Å²) in [5.74, 6) is 0. The van der Waals surface area contributed by atoms with Gasteiger partial charge in [-0.05, 0) is 97.6 Å². The van der Waals surface area contributed by atoms with Gasteiger partial charge in [0.2, 0.25) is 0 Å². The SMILES string of the molecule is C=CN.CN.CSc1ccc(N2N=C(C=O)CC3=C2c2cc(-c4cc(N)ccc4Cl)ccc2CC3)cc1. The van der Waals surface area contributed by atoms with Crippen molar-refractivity contribution in [3.8, 4) is 11.1 Å². The van der Waals surface area contributed by atoms with Crippen LogP contribution in [0.4, 0.5) is 11.4 Å². The molecule has 0 aromatic heterocycles. The number of aldehydes is 1. The molecule has 2 aliphatic rings. The van der Waals surface area contributed by atoms with E-state index < -0.39 is 0 Å². The number of carbonyl (C=O) groups excluding carboxylic acids is 1. The van der Waals surface area contributed by atoms with Gasteiger partial charge >= 0.3 is 0 Å². The number of anilines is 2. The predicted molar refractivity (Wildman–Crippen MR) is 160 cm³/mol. The third kappa shape index (κ3) is 6.25. The number of hydrogen-bond donors (Lipinski definition) is 3. The van der Waals surface area contributed by atoms with Crippen molar-refractivity contribution in [2.24, 2.45) is 16.6 Å². The van der Waals surface area contributed by atoms with Gasteiger partial charge in [-0.3, -0.25) is 4.79 Å². The zero-order valence-electron chi connectivity index (χ0n) is 21.1. The Hall–Kier alpha value is -3.52. The highest BCUT2D eigenvalue weighted by Crippen LogP contribution is 2.42. The summed E-state index contributed by atoms with van der Waals surface area (Å²) in [6.07, 6.45) is 6.60. The molecule has 0 fully saturated rings. The largest absolute Gasteiger partial charge is 0.405 e. The maximum atomic E-state index is 11.7. The van der Waals surface area contributed by atoms with Crippen LogP contribution in [0.5, 0.6) is 0 Å². The third-order valence-electron chi connectivity index (χ3n) is 5.99. The lowest BCUT2D eigenvalue weighted by molar-refractivity contribution is -0.102. The van der Waals surface area contributed by atoms with Crippen LogP contribution >= 0.6 is 23.4 Å². The third-order valence-corrected chi connectivity index (χ3v) is 7.06. The van der Waals surface area contributed by atoms with Gasteiger partial charge < -0.3 is 17.2 Å². The van der Waals surface area contributed by atoms with Gasteiger partial charge in [-0.2, -0.15) is 5.10 Å². The molecule has 1 aliphatic carbocycles. The fourth-order valence-corrected chi connectivity index (χ4v) is 5.02. The number of carbonyl (C=O) groups is 1. The Labute approximate surface area is 227 Å². The minimum Gasteiger partial charge on any atom is -0.405 e. The Bertz CT molecular complexity index is 1330. The second kappa shape index (κ2) is 13.1. The molecule has 5 rings (SSSR count). The van der Waals surface area contributed by atoms with Crippen LogP contribution < -0.4 is 22.2 Å². The summed E-state index contributed by atoms with van der Waals surface area (Å²) >= 11 is 8.20. The molecule has 8 heteroatoms. The van der Waals surface area contributed by atoms with Crippen LogP contribution in [0.3, 0.4) is 0 Å². The molecule has 192 valence electrons. The van der Waals surface area contributed by atoms with Crippen molar-refractivity contribution >= 4 is 52.4 Å². The summed E-state index contributed by atoms with van der Waals surface area (Å²) in [6, 6.07) is 20.3. The number of thioether (sulfide) groups is 1. The number of aryl methyl sites for hydroxylation is 1. The second-order valence-corrected chi connectivity index (χ2v) is 9.48. The zero-order valence-corrected chi connectivity index (χ0v) is 22.6. The first kappa shape index (κ1) is 28.1. The normalized spacial score (nSPS) is 13.6. The van der Waals surface area contributed by atoms with Crippen molar-refractivity contribution in [1.82, 2.24) is 0 Å². The number of hydrazone groups is 1. The van der Waals surface area contributed by atoms with Crippen LogP contribution in [0.15, 0.2) is 89.0 Å². The van der Waals surface area contributed by atoms with Crippen LogP contribution in [0, 0.1) is 0 Å². The van der Waals surface area contributed by atoms with Gasteiger partial charge in [0.1, 0.15) is 5.71 Å². The second-order valence-electron chi connectivity index (χ2n) is 8.19. The van der Waals surface area contributed by atoms with Crippen LogP contribution in [0.2, 0.25) is 5.02 Å². The van der Waals surface area contributed by atoms with Crippen molar-refractivity contribution in [3.63, 3.8) is 0 Å². The Morgan fingerprint density at radius 1 is 1.03 bits per heavy atom. The smallest absolute Gasteiger partial charge is 0.166 e. The van der Waals surface area contributed by atoms with E-state index in [0.29, 0.717) is 22.8 Å². The van der Waals surface area contributed by atoms with E-state index in [1.165, 1.54) is 29.3 Å². The average molecular weight is 534 g/mol. The van der Waals surface area contributed by atoms with E-state index >= 15 is 0 Å². The van der Waals surface area contributed by atoms with Crippen molar-refractivity contribution in [3.05, 3.63) is 95.2 Å². The lowest BCUT2D eigenvalue weighted by atomic mass is 9.84. The molecule has 0 amide bonds. The Morgan fingerprint density at radius 2 is 1.73 bits per heavy atom. The summed E-state index contributed by atoms with van der Waals surface area (Å²) in [5, 5.41) is 7.31. The summed E-state index contributed by atoms with van der Waals surface area (Å²) < 4.78 is 0. The summed E-state index contributed by atoms with van der Waals surface area (Å²) in [7, 11) is 1.50. The Morgan fingerprint density at radius 3 is 2.38 bits per heavy atom. The van der Waals surface area contributed by atoms with Gasteiger partial charge in [-0.1, -0.05) is 30.3 Å². The number of nitrogens with two attached hydrogens (primary N) is 3. The van der Waals surface area contributed by atoms with Gasteiger partial charge in [0, 0.05) is 33.2 Å². The number of hydrogen-bond acceptors (Lipinski definition) is 7. The van der Waals surface area contributed by atoms with E-state index in [0.717, 1.165) is 47.2 Å². The van der Waals surface area contributed by atoms with Gasteiger partial charge in [0.25, 0.3) is 0 Å². The van der Waals surface area contributed by atoms with E-state index in [4.69, 9.17) is 22.4 Å². The van der Waals surface area contributed by atoms with Crippen LogP contribution in [-0.2, 0) is 11.2 Å². The summed E-state index contributed by atoms with van der Waals surface area (Å²) in [4.78, 5) is 12.8. The van der Waals surface area contributed by atoms with Crippen LogP contribution in [0.25, 0.3) is 16.8 Å². The topological polar surface area (TPSA) is 111 Å². The molecule has 0 spiro atoms. The minimum atomic E-state index is 0.552. The standard InChI is InChI=1S/C26H22ClN3OS.C2H5N.CH5N/c1-32-22-9-7-21(8-10-22)30-26-18(12-20(15-31)29-30)5-3-16-2-4-17(13-24(16)26)23-14-19(28)6-11-25(23)27;1-2-3;1-2/h2,4,6-11,13-15H,3,5,12,28H2,1H3;2H,1,3H2;2H2,1H3. The molecule has 6 N–H and O–H groups in total. The molecular formula is C29H32ClN5OS. The number of nitrogens with zero attached hydrogens (tertiary/aromatic N) is 2. The number of fused-ring (bicyclic) bond motifs is 2. The predicted octanol–water partition coefficient (Wildman–Crippen LogP) is 6.10. The average Bonchev–Trinajstić information content (AvgIpc) is 2.94. The molecule has 0 atom stereocenters. The first-order valence-electron chi connectivity index (χ1n) is 11.8. The number of halogens is 1. The number of nitrogen functional groups attached to an aromatic ring is 1. The highest BCUT2D eigenvalue weighted by molar-refractivity contribution is 7.98. The molecule has 1 heterocycles. The lowest BCUT2D eigenvalue weighted by Crippen LogP contribution is -2.27. The Balaban J connectivity index is 0.000000711. The van der Waals surface area contributed by atoms with Crippen LogP contribution in [0.1, 0.15) is 24.0 Å². The molecule has 0 saturated carbocycles. The maximum absolute atomic E-state index is 11.7. The fourth-order valence-electron chi connectivity index (χ4n) is 4.38. The van der Waals surface area contributed by atoms with E-state index in [-0.39, 0.29) is 0 Å². The number of allylic oxidation sites excluding steroid dienone is 1. The molecule has 0 saturated heterocycles. The van der Waals surface area contributed by atoms with Gasteiger partial charge in [-0.15, -0.1) is 11.8 Å². The molecule has 0 radical (unpaired) electrons. The van der Waals surface area contributed by atoms with E-state index in [1.807, 2.05) is 23.2 Å². The Kier molecular flexibility index (Phi) is 9.97. The molecule has 3 aromatic rings. The van der Waals surface area contributed by atoms with Gasteiger partial charge in [0.05, 0.1) is 11.4 Å². The van der Waals surface area contributed by atoms with E-state index in [1.54, 1.807) is 11.8 Å². The highest BCUT2D eigenvalue weighted by atomic mass is 35.5. The summed E-state index contributed by atoms with van der Waals surface area (Å²) in [5.41, 5.74) is 23.9. The van der Waals surface area contributed by atoms with E-state index in [2.05, 4.69) is 66.8 Å². The first-order valence-corrected chi connectivity index (χ1v) is 13.4. The van der Waals surface area contributed by atoms with Crippen molar-refractivity contribution in [2.45, 2.75) is 24.2 Å². The minimum absolute atomic E-state index is 0.552. The van der Waals surface area contributed by atoms with Crippen molar-refractivity contribution in [1.29, 1.82) is 0 Å². The van der Waals surface area contributed by atoms with Gasteiger partial charge in [0.15, 0.2) is 6.29 Å². The molecule has 1 aliphatic heterocycles. The fraction of sp³-hybridized carbons (Fsp3) is 0.172. The molecule has 3 aromatic carbocycles. The molecular weight excluding hydrogens is 502 g/mol. The maximum Gasteiger partial charge on any atom is 0.166 e. The quantitative estimate of drug-likeness (QED) is 0.212. The molecule has 0 unspecified atom stereocenters. The zero-order chi connectivity index (χ0) is 26.9. The lowest BCUT2D eigenvalue weighted by Gasteiger charge is -2.34. The number of rotatable bonds is 4.